The zero-order valence-corrected chi connectivity index (χ0v) is 9.63. The second kappa shape index (κ2) is 5.59. The Labute approximate surface area is 109 Å². The van der Waals surface area contributed by atoms with Gasteiger partial charge >= 0.3 is 12.1 Å². The zero-order chi connectivity index (χ0) is 15.4. The minimum absolute atomic E-state index is 0.205. The van der Waals surface area contributed by atoms with E-state index in [0.717, 1.165) is 0 Å². The summed E-state index contributed by atoms with van der Waals surface area (Å²) < 4.78 is 0. The van der Waals surface area contributed by atoms with Crippen molar-refractivity contribution in [3.8, 4) is 0 Å². The van der Waals surface area contributed by atoms with Gasteiger partial charge in [0.05, 0.1) is 0 Å². The van der Waals surface area contributed by atoms with Crippen molar-refractivity contribution in [2.75, 3.05) is 10.0 Å². The number of rotatable bonds is 4. The number of amides is 4. The monoisotopic (exact) mass is 284 g/mol. The number of urea groups is 2. The van der Waals surface area contributed by atoms with E-state index in [4.69, 9.17) is 23.2 Å². The highest BCUT2D eigenvalue weighted by Gasteiger charge is 2.25. The van der Waals surface area contributed by atoms with Crippen molar-refractivity contribution in [2.24, 2.45) is 33.5 Å². The minimum Gasteiger partial charge on any atom is -0.350 e. The molecule has 1 aromatic rings. The van der Waals surface area contributed by atoms with Gasteiger partial charge in [0.15, 0.2) is 0 Å². The van der Waals surface area contributed by atoms with Crippen LogP contribution in [0.5, 0.6) is 0 Å². The van der Waals surface area contributed by atoms with Crippen LogP contribution in [0.3, 0.4) is 0 Å². The molecule has 4 amide bonds. The van der Waals surface area contributed by atoms with Crippen LogP contribution in [0.2, 0.25) is 0 Å². The molecule has 0 aliphatic carbocycles. The van der Waals surface area contributed by atoms with E-state index in [2.05, 4.69) is 20.3 Å². The van der Waals surface area contributed by atoms with Crippen LogP contribution in [0.1, 0.15) is 0 Å². The van der Waals surface area contributed by atoms with Crippen LogP contribution in [-0.2, 0) is 0 Å². The van der Waals surface area contributed by atoms with E-state index in [0.29, 0.717) is 0 Å². The van der Waals surface area contributed by atoms with Crippen LogP contribution >= 0.6 is 0 Å². The number of carbonyl (C=O) groups is 2. The highest BCUT2D eigenvalue weighted by atomic mass is 16.3. The van der Waals surface area contributed by atoms with Crippen LogP contribution < -0.4 is 33.2 Å². The molecule has 106 valence electrons. The molecule has 1 aromatic heterocycles. The summed E-state index contributed by atoms with van der Waals surface area (Å²) in [6, 6.07) is -2.44. The fourth-order valence-electron chi connectivity index (χ4n) is 1.06. The summed E-state index contributed by atoms with van der Waals surface area (Å²) in [5.74, 6) is 7.63. The van der Waals surface area contributed by atoms with Gasteiger partial charge in [-0.05, 0) is 10.4 Å². The largest absolute Gasteiger partial charge is 0.350 e. The molecule has 20 heavy (non-hydrogen) atoms. The molecule has 0 fully saturated rings. The average molecular weight is 284 g/mol. The van der Waals surface area contributed by atoms with Crippen molar-refractivity contribution < 1.29 is 9.59 Å². The Bertz CT molecular complexity index is 540. The Hall–Kier alpha value is -3.26. The highest BCUT2D eigenvalue weighted by molar-refractivity contribution is 5.94. The molecule has 14 nitrogen and oxygen atoms in total. The molecule has 0 radical (unpaired) electrons. The molecule has 0 unspecified atom stereocenters. The van der Waals surface area contributed by atoms with E-state index in [1.165, 1.54) is 0 Å². The van der Waals surface area contributed by atoms with Gasteiger partial charge in [-0.25, -0.2) is 36.3 Å². The average Bonchev–Trinajstić information content (AvgIpc) is 2.43. The summed E-state index contributed by atoms with van der Waals surface area (Å²) in [5, 5.41) is 5.21. The lowest BCUT2D eigenvalue weighted by atomic mass is 10.5. The first-order valence-corrected chi connectivity index (χ1v) is 4.60. The van der Waals surface area contributed by atoms with Gasteiger partial charge in [-0.2, -0.15) is 4.98 Å². The normalized spacial score (nSPS) is 9.70. The lowest BCUT2D eigenvalue weighted by Crippen LogP contribution is -2.44. The first-order valence-electron chi connectivity index (χ1n) is 4.60. The van der Waals surface area contributed by atoms with E-state index in [1.807, 2.05) is 0 Å². The number of carbonyl (C=O) groups excluding carboxylic acids is 2. The maximum Gasteiger partial charge on any atom is 0.335 e. The molecule has 0 aliphatic rings. The topological polar surface area (TPSA) is 229 Å². The van der Waals surface area contributed by atoms with Crippen LogP contribution in [0, 0.1) is 9.81 Å². The van der Waals surface area contributed by atoms with Crippen LogP contribution in [0.15, 0.2) is 10.4 Å². The fourth-order valence-corrected chi connectivity index (χ4v) is 1.06. The maximum absolute atomic E-state index is 10.9. The zero-order valence-electron chi connectivity index (χ0n) is 9.63. The van der Waals surface area contributed by atoms with Crippen molar-refractivity contribution in [3.63, 3.8) is 0 Å². The van der Waals surface area contributed by atoms with Crippen molar-refractivity contribution in [1.82, 2.24) is 9.97 Å². The third-order valence-electron chi connectivity index (χ3n) is 1.93. The van der Waals surface area contributed by atoms with Crippen molar-refractivity contribution in [3.05, 3.63) is 9.81 Å². The predicted octanol–water partition coefficient (Wildman–Crippen LogP) is -1.21. The smallest absolute Gasteiger partial charge is 0.335 e. The quantitative estimate of drug-likeness (QED) is 0.226. The van der Waals surface area contributed by atoms with Crippen molar-refractivity contribution >= 4 is 35.3 Å². The van der Waals surface area contributed by atoms with E-state index < -0.39 is 35.3 Å². The van der Waals surface area contributed by atoms with Crippen LogP contribution in [0.25, 0.3) is 0 Å². The number of primary amides is 2. The first-order chi connectivity index (χ1) is 9.33. The molecule has 0 aromatic carbocycles. The number of nitrogens with two attached hydrogens (primary N) is 4. The Morgan fingerprint density at radius 1 is 0.850 bits per heavy atom. The molecule has 0 saturated heterocycles. The Balaban J connectivity index is 3.56. The molecule has 0 atom stereocenters. The molecule has 1 rings (SSSR count). The summed E-state index contributed by atoms with van der Waals surface area (Å²) in [4.78, 5) is 49.8. The number of nitroso groups, excluding NO2 is 2. The summed E-state index contributed by atoms with van der Waals surface area (Å²) in [6.45, 7) is 0. The molecular weight excluding hydrogens is 276 g/mol. The number of anilines is 2. The van der Waals surface area contributed by atoms with Gasteiger partial charge in [0.2, 0.25) is 23.3 Å². The third-order valence-corrected chi connectivity index (χ3v) is 1.93. The Morgan fingerprint density at radius 2 is 1.20 bits per heavy atom. The Kier molecular flexibility index (Phi) is 4.13. The van der Waals surface area contributed by atoms with Gasteiger partial charge in [0, 0.05) is 0 Å². The predicted molar refractivity (Wildman–Crippen MR) is 65.4 cm³/mol. The molecule has 8 N–H and O–H groups in total. The van der Waals surface area contributed by atoms with Crippen LogP contribution in [0.4, 0.5) is 32.9 Å². The molecule has 0 bridgehead atoms. The van der Waals surface area contributed by atoms with E-state index in [9.17, 15) is 19.4 Å². The van der Waals surface area contributed by atoms with Gasteiger partial charge in [-0.1, -0.05) is 0 Å². The Morgan fingerprint density at radius 3 is 1.45 bits per heavy atom. The second-order valence-electron chi connectivity index (χ2n) is 3.12. The first kappa shape index (κ1) is 14.8. The van der Waals surface area contributed by atoms with Gasteiger partial charge in [0.25, 0.3) is 0 Å². The van der Waals surface area contributed by atoms with E-state index >= 15 is 0 Å². The summed E-state index contributed by atoms with van der Waals surface area (Å²) in [7, 11) is 0. The number of hydrogen-bond acceptors (Lipinski definition) is 10. The number of hydrazine groups is 2. The number of hydrogen-bond donors (Lipinski definition) is 4. The lowest BCUT2D eigenvalue weighted by molar-refractivity contribution is 0.253. The maximum atomic E-state index is 10.9. The van der Waals surface area contributed by atoms with Gasteiger partial charge < -0.3 is 11.5 Å². The molecule has 0 aliphatic heterocycles. The molecular formula is C6H8N10O4. The van der Waals surface area contributed by atoms with Gasteiger partial charge in [0.1, 0.15) is 0 Å². The number of nitrogens with zero attached hydrogens (tertiary/aromatic N) is 6. The summed E-state index contributed by atoms with van der Waals surface area (Å²) >= 11 is 0. The highest BCUT2D eigenvalue weighted by Crippen LogP contribution is 2.31. The number of aromatic nitrogens is 2. The SMILES string of the molecule is NC(=O)N(N)c1nc(N(N)C(N)=O)c(N=O)nc1N=O. The molecule has 0 spiro atoms. The summed E-state index contributed by atoms with van der Waals surface area (Å²) in [6.07, 6.45) is 0. The van der Waals surface area contributed by atoms with Crippen molar-refractivity contribution in [1.29, 1.82) is 0 Å². The summed E-state index contributed by atoms with van der Waals surface area (Å²) in [5.41, 5.74) is 9.75. The van der Waals surface area contributed by atoms with Crippen molar-refractivity contribution in [2.45, 2.75) is 0 Å². The molecule has 1 heterocycles. The lowest BCUT2D eigenvalue weighted by Gasteiger charge is -2.17. The molecule has 14 heteroatoms. The van der Waals surface area contributed by atoms with Gasteiger partial charge in [-0.3, -0.25) is 0 Å². The van der Waals surface area contributed by atoms with E-state index in [-0.39, 0.29) is 10.0 Å². The standard InChI is InChI=1S/C6H8N10O4/c7-5(17)15(9)3-1(13-19)11-2(14-20)4(12-3)16(10)6(8)18/h9-10H2,(H2,7,17)(H2,8,18). The van der Waals surface area contributed by atoms with E-state index in [1.54, 1.807) is 0 Å². The minimum atomic E-state index is -1.22. The second-order valence-corrected chi connectivity index (χ2v) is 3.12. The fraction of sp³-hybridized carbons (Fsp3) is 0. The van der Waals surface area contributed by atoms with Crippen LogP contribution in [-0.4, -0.2) is 22.0 Å². The third kappa shape index (κ3) is 2.60. The molecule has 0 saturated carbocycles. The van der Waals surface area contributed by atoms with Gasteiger partial charge in [-0.15, -0.1) is 9.81 Å².